The third kappa shape index (κ3) is 4.99. The molecule has 2 aromatic carbocycles. The standard InChI is InChI=1S/C24H22N8/c1-31-15-13-25-21(31)17-27-29-23(19-9-5-3-6-10-19)24(20-11-7-4-8-12-20)30-28-18-22-26-14-16-32(22)2/h3-18H,1-2H3/p+2/b27-17-,28-18-,29-23-,30-24-. The first kappa shape index (κ1) is 20.8. The van der Waals surface area contributed by atoms with E-state index in [1.165, 1.54) is 0 Å². The smallest absolute Gasteiger partial charge is 0.242 e. The van der Waals surface area contributed by atoms with Crippen LogP contribution in [0.1, 0.15) is 22.8 Å². The van der Waals surface area contributed by atoms with Gasteiger partial charge in [0.25, 0.3) is 11.6 Å². The van der Waals surface area contributed by atoms with Gasteiger partial charge in [-0.1, -0.05) is 60.7 Å². The number of hydrogen-bond acceptors (Lipinski definition) is 4. The lowest BCUT2D eigenvalue weighted by atomic mass is 10.00. The van der Waals surface area contributed by atoms with Crippen LogP contribution in [0.5, 0.6) is 0 Å². The zero-order valence-electron chi connectivity index (χ0n) is 17.9. The summed E-state index contributed by atoms with van der Waals surface area (Å²) in [5, 5.41) is 17.8. The third-order valence-corrected chi connectivity index (χ3v) is 4.81. The summed E-state index contributed by atoms with van der Waals surface area (Å²) < 4.78 is 3.85. The Hall–Kier alpha value is -4.46. The summed E-state index contributed by atoms with van der Waals surface area (Å²) in [4.78, 5) is 6.24. The molecule has 0 aliphatic rings. The van der Waals surface area contributed by atoms with Crippen molar-refractivity contribution in [2.75, 3.05) is 0 Å². The molecule has 0 fully saturated rings. The molecule has 0 amide bonds. The number of rotatable bonds is 7. The second-order valence-corrected chi connectivity index (χ2v) is 7.03. The fourth-order valence-corrected chi connectivity index (χ4v) is 3.05. The zero-order chi connectivity index (χ0) is 22.2. The number of imidazole rings is 2. The molecule has 0 saturated carbocycles. The van der Waals surface area contributed by atoms with E-state index in [0.717, 1.165) is 22.8 Å². The number of hydrogen-bond donors (Lipinski definition) is 2. The first-order valence-electron chi connectivity index (χ1n) is 10.1. The number of benzene rings is 2. The Morgan fingerprint density at radius 2 is 1.06 bits per heavy atom. The van der Waals surface area contributed by atoms with Crippen LogP contribution < -0.4 is 9.13 Å². The summed E-state index contributed by atoms with van der Waals surface area (Å²) in [6.07, 6.45) is 10.9. The van der Waals surface area contributed by atoms with Crippen molar-refractivity contribution < 1.29 is 9.13 Å². The van der Waals surface area contributed by atoms with E-state index in [2.05, 4.69) is 30.4 Å². The molecule has 0 radical (unpaired) electrons. The van der Waals surface area contributed by atoms with Gasteiger partial charge >= 0.3 is 0 Å². The number of nitrogens with zero attached hydrogens (tertiary/aromatic N) is 6. The molecule has 0 bridgehead atoms. The minimum Gasteiger partial charge on any atom is -0.242 e. The molecule has 0 aliphatic heterocycles. The van der Waals surface area contributed by atoms with Crippen LogP contribution in [0.4, 0.5) is 0 Å². The highest BCUT2D eigenvalue weighted by Crippen LogP contribution is 2.11. The topological polar surface area (TPSA) is 88.8 Å². The molecule has 4 rings (SSSR count). The van der Waals surface area contributed by atoms with Crippen LogP contribution in [-0.4, -0.2) is 33.8 Å². The Balaban J connectivity index is 1.79. The Bertz CT molecular complexity index is 1180. The average molecular weight is 425 g/mol. The largest absolute Gasteiger partial charge is 0.299 e. The molecule has 2 N–H and O–H groups in total. The highest BCUT2D eigenvalue weighted by molar-refractivity contribution is 6.53. The Morgan fingerprint density at radius 1 is 0.656 bits per heavy atom. The molecule has 2 heterocycles. The van der Waals surface area contributed by atoms with Crippen molar-refractivity contribution in [2.45, 2.75) is 0 Å². The Labute approximate surface area is 186 Å². The quantitative estimate of drug-likeness (QED) is 0.259. The minimum absolute atomic E-state index is 0.621. The van der Waals surface area contributed by atoms with Crippen LogP contribution in [0, 0.1) is 0 Å². The lowest BCUT2D eigenvalue weighted by molar-refractivity contribution is -0.671. The lowest BCUT2D eigenvalue weighted by Crippen LogP contribution is -2.30. The zero-order valence-corrected chi connectivity index (χ0v) is 17.9. The van der Waals surface area contributed by atoms with Crippen LogP contribution >= 0.6 is 0 Å². The predicted molar refractivity (Wildman–Crippen MR) is 125 cm³/mol. The molecule has 32 heavy (non-hydrogen) atoms. The molecular formula is C24H24N8+2. The summed E-state index contributed by atoms with van der Waals surface area (Å²) in [5.41, 5.74) is 3.03. The fraction of sp³-hybridized carbons (Fsp3) is 0.0833. The predicted octanol–water partition coefficient (Wildman–Crippen LogP) is 2.34. The van der Waals surface area contributed by atoms with Gasteiger partial charge in [-0.25, -0.2) is 19.1 Å². The van der Waals surface area contributed by atoms with Gasteiger partial charge in [-0.3, -0.25) is 0 Å². The summed E-state index contributed by atoms with van der Waals surface area (Å²) in [7, 11) is 3.87. The number of H-pyrrole nitrogens is 2. The molecule has 0 saturated heterocycles. The van der Waals surface area contributed by atoms with Crippen molar-refractivity contribution in [1.82, 2.24) is 9.97 Å². The molecule has 158 valence electrons. The van der Waals surface area contributed by atoms with E-state index in [0.29, 0.717) is 11.4 Å². The van der Waals surface area contributed by atoms with Gasteiger partial charge < -0.3 is 0 Å². The molecule has 0 aliphatic carbocycles. The second-order valence-electron chi connectivity index (χ2n) is 7.03. The molecule has 2 aromatic heterocycles. The van der Waals surface area contributed by atoms with Crippen LogP contribution in [0.3, 0.4) is 0 Å². The van der Waals surface area contributed by atoms with Gasteiger partial charge in [0.05, 0.1) is 14.1 Å². The Morgan fingerprint density at radius 3 is 1.41 bits per heavy atom. The van der Waals surface area contributed by atoms with Crippen molar-refractivity contribution in [1.29, 1.82) is 0 Å². The van der Waals surface area contributed by atoms with Gasteiger partial charge in [-0.15, -0.1) is 20.4 Å². The first-order chi connectivity index (χ1) is 15.7. The molecule has 8 heteroatoms. The summed E-state index contributed by atoms with van der Waals surface area (Å²) in [5.74, 6) is 1.66. The maximum Gasteiger partial charge on any atom is 0.299 e. The van der Waals surface area contributed by atoms with E-state index >= 15 is 0 Å². The SMILES string of the molecule is C[n+]1cc[nH]c1\C=N/N=C(\C(=N/N=C\c1[nH]cc[n+]1C)c1ccccc1)c1ccccc1. The summed E-state index contributed by atoms with van der Waals surface area (Å²) in [6.45, 7) is 0. The highest BCUT2D eigenvalue weighted by Gasteiger charge is 2.15. The van der Waals surface area contributed by atoms with Gasteiger partial charge in [0.2, 0.25) is 0 Å². The molecule has 4 aromatic rings. The van der Waals surface area contributed by atoms with Crippen molar-refractivity contribution in [2.24, 2.45) is 34.5 Å². The third-order valence-electron chi connectivity index (χ3n) is 4.81. The number of aryl methyl sites for hydroxylation is 2. The number of nitrogens with one attached hydrogen (secondary N) is 2. The minimum atomic E-state index is 0.621. The van der Waals surface area contributed by atoms with Gasteiger partial charge in [0.15, 0.2) is 0 Å². The molecule has 0 unspecified atom stereocenters. The molecular weight excluding hydrogens is 400 g/mol. The number of aromatic nitrogens is 4. The van der Waals surface area contributed by atoms with Crippen molar-refractivity contribution in [3.8, 4) is 0 Å². The van der Waals surface area contributed by atoms with Gasteiger partial charge in [0, 0.05) is 11.1 Å². The lowest BCUT2D eigenvalue weighted by Gasteiger charge is -2.08. The molecule has 0 spiro atoms. The number of aromatic amines is 2. The maximum atomic E-state index is 4.55. The van der Waals surface area contributed by atoms with E-state index in [4.69, 9.17) is 0 Å². The van der Waals surface area contributed by atoms with E-state index in [-0.39, 0.29) is 0 Å². The monoisotopic (exact) mass is 424 g/mol. The van der Waals surface area contributed by atoms with Gasteiger partial charge in [-0.2, -0.15) is 0 Å². The van der Waals surface area contributed by atoms with Gasteiger partial charge in [-0.05, 0) is 0 Å². The molecule has 8 nitrogen and oxygen atoms in total. The van der Waals surface area contributed by atoms with Gasteiger partial charge in [0.1, 0.15) is 48.6 Å². The summed E-state index contributed by atoms with van der Waals surface area (Å²) in [6, 6.07) is 19.7. The van der Waals surface area contributed by atoms with E-state index < -0.39 is 0 Å². The van der Waals surface area contributed by atoms with E-state index in [1.54, 1.807) is 12.4 Å². The first-order valence-corrected chi connectivity index (χ1v) is 10.1. The van der Waals surface area contributed by atoms with Crippen LogP contribution in [0.15, 0.2) is 106 Å². The van der Waals surface area contributed by atoms with Crippen molar-refractivity contribution >= 4 is 23.9 Å². The highest BCUT2D eigenvalue weighted by atomic mass is 15.2. The fourth-order valence-electron chi connectivity index (χ4n) is 3.05. The second kappa shape index (κ2) is 10.0. The summed E-state index contributed by atoms with van der Waals surface area (Å²) >= 11 is 0. The van der Waals surface area contributed by atoms with E-state index in [1.807, 2.05) is 109 Å². The van der Waals surface area contributed by atoms with Crippen LogP contribution in [0.25, 0.3) is 0 Å². The average Bonchev–Trinajstić information content (AvgIpc) is 3.43. The molecule has 0 atom stereocenters. The van der Waals surface area contributed by atoms with E-state index in [9.17, 15) is 0 Å². The normalized spacial score (nSPS) is 12.8. The van der Waals surface area contributed by atoms with Crippen LogP contribution in [-0.2, 0) is 14.1 Å². The van der Waals surface area contributed by atoms with Crippen LogP contribution in [0.2, 0.25) is 0 Å². The maximum absolute atomic E-state index is 4.55. The van der Waals surface area contributed by atoms with Crippen molar-refractivity contribution in [3.05, 3.63) is 108 Å². The Kier molecular flexibility index (Phi) is 6.52. The van der Waals surface area contributed by atoms with Crippen molar-refractivity contribution in [3.63, 3.8) is 0 Å².